The number of piperidine rings is 1. The van der Waals surface area contributed by atoms with Crippen molar-refractivity contribution in [2.24, 2.45) is 40.4 Å². The monoisotopic (exact) mass is 377 g/mol. The molecule has 6 aliphatic rings. The second kappa shape index (κ2) is 5.10. The summed E-state index contributed by atoms with van der Waals surface area (Å²) < 4.78 is 5.79. The molecule has 0 aromatic carbocycles. The highest BCUT2D eigenvalue weighted by Gasteiger charge is 2.82. The molecule has 5 nitrogen and oxygen atoms in total. The Morgan fingerprint density at radius 3 is 2.67 bits per heavy atom. The Kier molecular flexibility index (Phi) is 3.33. The van der Waals surface area contributed by atoms with Crippen molar-refractivity contribution in [1.29, 1.82) is 0 Å². The largest absolute Gasteiger partial charge is 0.392 e. The molecule has 1 saturated heterocycles. The van der Waals surface area contributed by atoms with Crippen LogP contribution in [0.25, 0.3) is 0 Å². The van der Waals surface area contributed by atoms with Gasteiger partial charge in [0.05, 0.1) is 23.9 Å². The van der Waals surface area contributed by atoms with Crippen molar-refractivity contribution in [2.45, 2.75) is 75.9 Å². The third-order valence-electron chi connectivity index (χ3n) is 10.7. The number of methoxy groups -OCH3 is 1. The van der Waals surface area contributed by atoms with Crippen molar-refractivity contribution >= 4 is 0 Å². The Morgan fingerprint density at radius 2 is 1.96 bits per heavy atom. The molecular formula is C22H35NO4. The Hall–Kier alpha value is -0.200. The zero-order valence-electron chi connectivity index (χ0n) is 16.8. The molecule has 5 heteroatoms. The minimum Gasteiger partial charge on any atom is -0.392 e. The summed E-state index contributed by atoms with van der Waals surface area (Å²) in [5.41, 5.74) is -0.788. The van der Waals surface area contributed by atoms with Crippen LogP contribution in [0.1, 0.15) is 46.0 Å². The first-order valence-corrected chi connectivity index (χ1v) is 11.2. The number of aliphatic hydroxyl groups excluding tert-OH is 2. The number of fused-ring (bicyclic) bond motifs is 2. The van der Waals surface area contributed by atoms with E-state index in [0.29, 0.717) is 12.3 Å². The maximum Gasteiger partial charge on any atom is 0.0771 e. The second-order valence-electron chi connectivity index (χ2n) is 11.1. The fourth-order valence-electron chi connectivity index (χ4n) is 10.1. The fourth-order valence-corrected chi connectivity index (χ4v) is 10.1. The maximum atomic E-state index is 12.1. The van der Waals surface area contributed by atoms with E-state index in [1.807, 2.05) is 0 Å². The lowest BCUT2D eigenvalue weighted by Crippen LogP contribution is -2.75. The molecule has 1 heterocycles. The zero-order valence-corrected chi connectivity index (χ0v) is 16.8. The molecule has 6 rings (SSSR count). The van der Waals surface area contributed by atoms with E-state index in [1.54, 1.807) is 7.11 Å². The van der Waals surface area contributed by atoms with Crippen molar-refractivity contribution in [3.8, 4) is 0 Å². The normalized spacial score (nSPS) is 66.2. The van der Waals surface area contributed by atoms with Gasteiger partial charge in [-0.3, -0.25) is 4.90 Å². The average molecular weight is 378 g/mol. The number of likely N-dealkylation sites (tertiary alicyclic amines) is 1. The summed E-state index contributed by atoms with van der Waals surface area (Å²) in [6.45, 7) is 6.74. The number of aliphatic hydroxyl groups is 3. The molecule has 152 valence electrons. The summed E-state index contributed by atoms with van der Waals surface area (Å²) in [4.78, 5) is 2.60. The summed E-state index contributed by atoms with van der Waals surface area (Å²) in [6, 6.07) is 0.253. The summed E-state index contributed by atoms with van der Waals surface area (Å²) in [5, 5.41) is 34.9. The number of rotatable bonds is 2. The zero-order chi connectivity index (χ0) is 18.9. The van der Waals surface area contributed by atoms with E-state index >= 15 is 0 Å². The van der Waals surface area contributed by atoms with Crippen LogP contribution in [0.4, 0.5) is 0 Å². The van der Waals surface area contributed by atoms with E-state index < -0.39 is 11.7 Å². The van der Waals surface area contributed by atoms with Gasteiger partial charge in [-0.2, -0.15) is 0 Å². The Labute approximate surface area is 162 Å². The molecular weight excluding hydrogens is 342 g/mol. The van der Waals surface area contributed by atoms with E-state index in [2.05, 4.69) is 18.7 Å². The van der Waals surface area contributed by atoms with Gasteiger partial charge in [0.15, 0.2) is 0 Å². The van der Waals surface area contributed by atoms with Crippen LogP contribution in [0.5, 0.6) is 0 Å². The number of nitrogens with zero attached hydrogens (tertiary/aromatic N) is 1. The smallest absolute Gasteiger partial charge is 0.0771 e. The van der Waals surface area contributed by atoms with Gasteiger partial charge in [-0.05, 0) is 49.5 Å². The first-order chi connectivity index (χ1) is 12.8. The van der Waals surface area contributed by atoms with Crippen LogP contribution in [0.2, 0.25) is 0 Å². The van der Waals surface area contributed by atoms with Crippen molar-refractivity contribution in [3.05, 3.63) is 0 Å². The van der Waals surface area contributed by atoms with Crippen molar-refractivity contribution in [3.63, 3.8) is 0 Å². The van der Waals surface area contributed by atoms with Crippen molar-refractivity contribution in [1.82, 2.24) is 4.90 Å². The van der Waals surface area contributed by atoms with Crippen LogP contribution in [0.15, 0.2) is 0 Å². The van der Waals surface area contributed by atoms with Crippen LogP contribution in [-0.4, -0.2) is 70.4 Å². The van der Waals surface area contributed by atoms with Crippen LogP contribution in [0, 0.1) is 40.4 Å². The number of hydrogen-bond donors (Lipinski definition) is 3. The van der Waals surface area contributed by atoms with Crippen LogP contribution in [-0.2, 0) is 4.74 Å². The topological polar surface area (TPSA) is 73.2 Å². The molecule has 1 spiro atoms. The summed E-state index contributed by atoms with van der Waals surface area (Å²) in [5.74, 6) is 0.840. The quantitative estimate of drug-likeness (QED) is 0.676. The average Bonchev–Trinajstić information content (AvgIpc) is 3.07. The van der Waals surface area contributed by atoms with Gasteiger partial charge in [0.2, 0.25) is 0 Å². The highest BCUT2D eigenvalue weighted by atomic mass is 16.5. The molecule has 1 aliphatic heterocycles. The Balaban J connectivity index is 1.59. The van der Waals surface area contributed by atoms with Crippen molar-refractivity contribution < 1.29 is 20.1 Å². The van der Waals surface area contributed by atoms with Gasteiger partial charge in [-0.15, -0.1) is 0 Å². The van der Waals surface area contributed by atoms with E-state index in [-0.39, 0.29) is 52.8 Å². The molecule has 27 heavy (non-hydrogen) atoms. The molecule has 0 aromatic rings. The molecule has 0 amide bonds. The van der Waals surface area contributed by atoms with Crippen LogP contribution >= 0.6 is 0 Å². The summed E-state index contributed by atoms with van der Waals surface area (Å²) in [6.07, 6.45) is 3.66. The predicted molar refractivity (Wildman–Crippen MR) is 99.9 cm³/mol. The van der Waals surface area contributed by atoms with Gasteiger partial charge in [-0.25, -0.2) is 0 Å². The molecule has 0 radical (unpaired) electrons. The third kappa shape index (κ3) is 1.66. The first-order valence-electron chi connectivity index (χ1n) is 11.2. The highest BCUT2D eigenvalue weighted by Crippen LogP contribution is 2.78. The van der Waals surface area contributed by atoms with E-state index in [9.17, 15) is 15.3 Å². The fraction of sp³-hybridized carbons (Fsp3) is 1.00. The number of hydrogen-bond acceptors (Lipinski definition) is 5. The van der Waals surface area contributed by atoms with Crippen molar-refractivity contribution in [2.75, 3.05) is 20.2 Å². The van der Waals surface area contributed by atoms with E-state index in [1.165, 1.54) is 0 Å². The van der Waals surface area contributed by atoms with Gasteiger partial charge >= 0.3 is 0 Å². The SMILES string of the molecule is CCN1C[C@@]2(C)CC[C@H](O)[C@@]34[C@@H]5C[C@@H]6[C@H](O)[C@@H]5[C@@](O)(C[C@H]6OC)[C@@H](C[C@@H]23)[C@@H]14. The molecule has 6 fully saturated rings. The molecule has 7 bridgehead atoms. The molecule has 12 atom stereocenters. The minimum atomic E-state index is -0.858. The summed E-state index contributed by atoms with van der Waals surface area (Å²) in [7, 11) is 1.73. The van der Waals surface area contributed by atoms with E-state index in [0.717, 1.165) is 38.8 Å². The predicted octanol–water partition coefficient (Wildman–Crippen LogP) is 1.25. The molecule has 0 aromatic heterocycles. The highest BCUT2D eigenvalue weighted by molar-refractivity contribution is 5.32. The lowest BCUT2D eigenvalue weighted by atomic mass is 9.43. The molecule has 5 saturated carbocycles. The lowest BCUT2D eigenvalue weighted by Gasteiger charge is -2.68. The standard InChI is InChI=1S/C22H35NO4/c1-4-23-10-20(2)6-5-16(24)22-12-7-11-14(27-3)9-21(26,17(12)18(11)25)13(19(22)23)8-15(20)22/h11-19,24-26H,4-10H2,1-3H3/t11-,12+,13-,14+,15-,16-,17+,18-,19+,20+,21+,22+/m0/s1. The van der Waals surface area contributed by atoms with Gasteiger partial charge in [0.25, 0.3) is 0 Å². The Bertz CT molecular complexity index is 673. The van der Waals surface area contributed by atoms with Gasteiger partial charge in [-0.1, -0.05) is 13.8 Å². The summed E-state index contributed by atoms with van der Waals surface area (Å²) >= 11 is 0. The van der Waals surface area contributed by atoms with Gasteiger partial charge in [0, 0.05) is 49.3 Å². The van der Waals surface area contributed by atoms with Gasteiger partial charge < -0.3 is 20.1 Å². The first kappa shape index (κ1) is 17.6. The molecule has 3 N–H and O–H groups in total. The molecule has 5 aliphatic carbocycles. The minimum absolute atomic E-state index is 0.0657. The second-order valence-corrected chi connectivity index (χ2v) is 11.1. The molecule has 0 unspecified atom stereocenters. The lowest BCUT2D eigenvalue weighted by molar-refractivity contribution is -0.266. The van der Waals surface area contributed by atoms with Gasteiger partial charge in [0.1, 0.15) is 0 Å². The van der Waals surface area contributed by atoms with Crippen LogP contribution < -0.4 is 0 Å². The van der Waals surface area contributed by atoms with Crippen LogP contribution in [0.3, 0.4) is 0 Å². The number of ether oxygens (including phenoxy) is 1. The maximum absolute atomic E-state index is 12.1. The Morgan fingerprint density at radius 1 is 1.19 bits per heavy atom. The third-order valence-corrected chi connectivity index (χ3v) is 10.7. The van der Waals surface area contributed by atoms with E-state index in [4.69, 9.17) is 4.74 Å².